The lowest BCUT2D eigenvalue weighted by molar-refractivity contribution is -0.118. The third kappa shape index (κ3) is 1.67. The smallest absolute Gasteiger partial charge is 0.292 e. The van der Waals surface area contributed by atoms with Crippen LogP contribution in [0, 0.1) is 6.92 Å². The van der Waals surface area contributed by atoms with E-state index in [1.807, 2.05) is 6.07 Å². The first-order valence-corrected chi connectivity index (χ1v) is 5.43. The van der Waals surface area contributed by atoms with Crippen LogP contribution in [0.5, 0.6) is 5.75 Å². The van der Waals surface area contributed by atoms with Crippen LogP contribution in [0.25, 0.3) is 11.3 Å². The Morgan fingerprint density at radius 3 is 3.00 bits per heavy atom. The molecule has 0 saturated carbocycles. The fraction of sp³-hybridized carbons (Fsp3) is 0.167. The van der Waals surface area contributed by atoms with Crippen LogP contribution < -0.4 is 15.8 Å². The van der Waals surface area contributed by atoms with Crippen molar-refractivity contribution in [3.05, 3.63) is 24.0 Å². The number of hydrogen-bond acceptors (Lipinski definition) is 5. The molecule has 2 heterocycles. The fourth-order valence-corrected chi connectivity index (χ4v) is 1.92. The van der Waals surface area contributed by atoms with Crippen molar-refractivity contribution in [1.82, 2.24) is 4.98 Å². The van der Waals surface area contributed by atoms with Crippen LogP contribution in [0.1, 0.15) is 5.76 Å². The summed E-state index contributed by atoms with van der Waals surface area (Å²) >= 11 is 0. The van der Waals surface area contributed by atoms with Gasteiger partial charge in [0.25, 0.3) is 11.9 Å². The van der Waals surface area contributed by atoms with Crippen LogP contribution in [0.3, 0.4) is 0 Å². The summed E-state index contributed by atoms with van der Waals surface area (Å²) in [5.74, 6) is 1.11. The Morgan fingerprint density at radius 1 is 1.44 bits per heavy atom. The van der Waals surface area contributed by atoms with E-state index in [4.69, 9.17) is 14.9 Å². The van der Waals surface area contributed by atoms with E-state index in [1.54, 1.807) is 19.1 Å². The van der Waals surface area contributed by atoms with E-state index in [0.29, 0.717) is 22.9 Å². The molecule has 0 fully saturated rings. The highest BCUT2D eigenvalue weighted by Gasteiger charge is 2.18. The van der Waals surface area contributed by atoms with E-state index in [1.165, 1.54) is 0 Å². The molecular formula is C12H11N3O3. The first-order valence-electron chi connectivity index (χ1n) is 5.43. The first kappa shape index (κ1) is 10.6. The summed E-state index contributed by atoms with van der Waals surface area (Å²) in [5, 5.41) is 2.74. The molecule has 0 aliphatic carbocycles. The molecule has 0 saturated heterocycles. The van der Waals surface area contributed by atoms with Crippen molar-refractivity contribution in [1.29, 1.82) is 0 Å². The molecule has 92 valence electrons. The van der Waals surface area contributed by atoms with Gasteiger partial charge in [0.1, 0.15) is 17.2 Å². The summed E-state index contributed by atoms with van der Waals surface area (Å²) in [6.07, 6.45) is 0. The molecule has 1 aromatic carbocycles. The molecule has 0 radical (unpaired) electrons. The van der Waals surface area contributed by atoms with Gasteiger partial charge in [0, 0.05) is 5.56 Å². The van der Waals surface area contributed by atoms with Crippen molar-refractivity contribution >= 4 is 17.6 Å². The van der Waals surface area contributed by atoms with Gasteiger partial charge in [-0.05, 0) is 25.1 Å². The van der Waals surface area contributed by atoms with Gasteiger partial charge in [-0.25, -0.2) is 0 Å². The molecule has 0 spiro atoms. The van der Waals surface area contributed by atoms with E-state index in [-0.39, 0.29) is 18.5 Å². The molecule has 2 aromatic rings. The Kier molecular flexibility index (Phi) is 2.22. The molecule has 0 unspecified atom stereocenters. The standard InChI is InChI=1S/C12H11N3O3/c1-6-11(15-12(13)18-6)7-2-3-9-8(4-7)14-10(16)5-17-9/h2-4H,5H2,1H3,(H2,13,15)(H,14,16). The van der Waals surface area contributed by atoms with Crippen molar-refractivity contribution in [2.45, 2.75) is 6.92 Å². The molecule has 3 rings (SSSR count). The number of aromatic nitrogens is 1. The number of nitrogens with one attached hydrogen (secondary N) is 1. The van der Waals surface area contributed by atoms with Crippen LogP contribution in [0.4, 0.5) is 11.7 Å². The van der Waals surface area contributed by atoms with Gasteiger partial charge in [-0.15, -0.1) is 0 Å². The van der Waals surface area contributed by atoms with Gasteiger partial charge in [-0.2, -0.15) is 4.98 Å². The van der Waals surface area contributed by atoms with Gasteiger partial charge in [0.05, 0.1) is 5.69 Å². The summed E-state index contributed by atoms with van der Waals surface area (Å²) in [4.78, 5) is 15.4. The molecule has 18 heavy (non-hydrogen) atoms. The van der Waals surface area contributed by atoms with Crippen molar-refractivity contribution in [3.8, 4) is 17.0 Å². The molecule has 0 atom stereocenters. The normalized spacial score (nSPS) is 13.7. The Balaban J connectivity index is 2.07. The highest BCUT2D eigenvalue weighted by molar-refractivity contribution is 5.96. The molecule has 1 amide bonds. The second kappa shape index (κ2) is 3.76. The average Bonchev–Trinajstić information content (AvgIpc) is 2.67. The number of carbonyl (C=O) groups excluding carboxylic acids is 1. The third-order valence-corrected chi connectivity index (χ3v) is 2.70. The van der Waals surface area contributed by atoms with Crippen molar-refractivity contribution in [2.75, 3.05) is 17.7 Å². The summed E-state index contributed by atoms with van der Waals surface area (Å²) in [7, 11) is 0. The number of rotatable bonds is 1. The van der Waals surface area contributed by atoms with E-state index in [2.05, 4.69) is 10.3 Å². The maximum absolute atomic E-state index is 11.3. The second-order valence-corrected chi connectivity index (χ2v) is 4.00. The number of fused-ring (bicyclic) bond motifs is 1. The van der Waals surface area contributed by atoms with Gasteiger partial charge in [0.2, 0.25) is 0 Å². The van der Waals surface area contributed by atoms with Crippen LogP contribution in [0.2, 0.25) is 0 Å². The van der Waals surface area contributed by atoms with Crippen molar-refractivity contribution < 1.29 is 13.9 Å². The number of carbonyl (C=O) groups is 1. The SMILES string of the molecule is Cc1oc(N)nc1-c1ccc2c(c1)NC(=O)CO2. The number of anilines is 2. The summed E-state index contributed by atoms with van der Waals surface area (Å²) in [6, 6.07) is 5.55. The number of nitrogens with two attached hydrogens (primary N) is 1. The minimum atomic E-state index is -0.170. The minimum Gasteiger partial charge on any atom is -0.482 e. The Morgan fingerprint density at radius 2 is 2.28 bits per heavy atom. The van der Waals surface area contributed by atoms with Crippen LogP contribution >= 0.6 is 0 Å². The Hall–Kier alpha value is -2.50. The maximum Gasteiger partial charge on any atom is 0.292 e. The molecule has 0 bridgehead atoms. The monoisotopic (exact) mass is 245 g/mol. The van der Waals surface area contributed by atoms with Crippen LogP contribution in [-0.4, -0.2) is 17.5 Å². The van der Waals surface area contributed by atoms with Gasteiger partial charge < -0.3 is 20.2 Å². The number of nitrogens with zero attached hydrogens (tertiary/aromatic N) is 1. The van der Waals surface area contributed by atoms with Crippen LogP contribution in [0.15, 0.2) is 22.6 Å². The van der Waals surface area contributed by atoms with Gasteiger partial charge >= 0.3 is 0 Å². The van der Waals surface area contributed by atoms with E-state index < -0.39 is 0 Å². The first-order chi connectivity index (χ1) is 8.63. The number of hydrogen-bond donors (Lipinski definition) is 2. The average molecular weight is 245 g/mol. The lowest BCUT2D eigenvalue weighted by atomic mass is 10.1. The number of benzene rings is 1. The molecule has 6 nitrogen and oxygen atoms in total. The minimum absolute atomic E-state index is 0.0439. The number of nitrogen functional groups attached to an aromatic ring is 1. The zero-order valence-corrected chi connectivity index (χ0v) is 9.69. The lowest BCUT2D eigenvalue weighted by Gasteiger charge is -2.18. The second-order valence-electron chi connectivity index (χ2n) is 4.00. The fourth-order valence-electron chi connectivity index (χ4n) is 1.92. The molecule has 3 N–H and O–H groups in total. The topological polar surface area (TPSA) is 90.4 Å². The van der Waals surface area contributed by atoms with E-state index in [0.717, 1.165) is 5.56 Å². The molecule has 1 aliphatic heterocycles. The molecule has 1 aliphatic rings. The largest absolute Gasteiger partial charge is 0.482 e. The molecule has 1 aromatic heterocycles. The lowest BCUT2D eigenvalue weighted by Crippen LogP contribution is -2.25. The Labute approximate surface area is 103 Å². The highest BCUT2D eigenvalue weighted by Crippen LogP contribution is 2.33. The summed E-state index contributed by atoms with van der Waals surface area (Å²) in [6.45, 7) is 1.83. The number of aryl methyl sites for hydroxylation is 1. The van der Waals surface area contributed by atoms with Crippen LogP contribution in [-0.2, 0) is 4.79 Å². The van der Waals surface area contributed by atoms with Gasteiger partial charge in [0.15, 0.2) is 6.61 Å². The Bertz CT molecular complexity index is 633. The van der Waals surface area contributed by atoms with Crippen molar-refractivity contribution in [2.24, 2.45) is 0 Å². The maximum atomic E-state index is 11.3. The molecule has 6 heteroatoms. The number of ether oxygens (including phenoxy) is 1. The third-order valence-electron chi connectivity index (χ3n) is 2.70. The van der Waals surface area contributed by atoms with Gasteiger partial charge in [-0.1, -0.05) is 0 Å². The van der Waals surface area contributed by atoms with E-state index >= 15 is 0 Å². The quantitative estimate of drug-likeness (QED) is 0.795. The van der Waals surface area contributed by atoms with Crippen molar-refractivity contribution in [3.63, 3.8) is 0 Å². The summed E-state index contributed by atoms with van der Waals surface area (Å²) in [5.41, 5.74) is 7.61. The predicted octanol–water partition coefficient (Wildman–Crippen LogP) is 1.56. The number of amides is 1. The number of oxazole rings is 1. The predicted molar refractivity (Wildman–Crippen MR) is 65.2 cm³/mol. The molecular weight excluding hydrogens is 234 g/mol. The summed E-state index contributed by atoms with van der Waals surface area (Å²) < 4.78 is 10.5. The highest BCUT2D eigenvalue weighted by atomic mass is 16.5. The zero-order chi connectivity index (χ0) is 12.7. The zero-order valence-electron chi connectivity index (χ0n) is 9.69. The van der Waals surface area contributed by atoms with E-state index in [9.17, 15) is 4.79 Å². The van der Waals surface area contributed by atoms with Gasteiger partial charge in [-0.3, -0.25) is 4.79 Å².